The summed E-state index contributed by atoms with van der Waals surface area (Å²) in [6.45, 7) is 2.78. The summed E-state index contributed by atoms with van der Waals surface area (Å²) >= 11 is 0. The maximum atomic E-state index is 12.3. The molecule has 1 N–H and O–H groups in total. The Bertz CT molecular complexity index is 663. The molecule has 0 aliphatic heterocycles. The number of nitro benzene ring substituents is 1. The third-order valence-electron chi connectivity index (χ3n) is 3.10. The monoisotopic (exact) mass is 367 g/mol. The first-order chi connectivity index (χ1) is 12.4. The number of benzene rings is 1. The quantitative estimate of drug-likeness (QED) is 0.395. The van der Waals surface area contributed by atoms with Crippen molar-refractivity contribution in [1.82, 2.24) is 10.2 Å². The Morgan fingerprint density at radius 3 is 2.42 bits per heavy atom. The Balaban J connectivity index is 2.85. The molecule has 0 aromatic heterocycles. The topological polar surface area (TPSA) is 128 Å². The van der Waals surface area contributed by atoms with Gasteiger partial charge in [0, 0.05) is 18.7 Å². The minimum atomic E-state index is -0.697. The highest BCUT2D eigenvalue weighted by molar-refractivity contribution is 5.84. The highest BCUT2D eigenvalue weighted by Crippen LogP contribution is 2.15. The molecule has 0 saturated carbocycles. The number of carbonyl (C=O) groups excluding carboxylic acids is 3. The molecule has 0 atom stereocenters. The van der Waals surface area contributed by atoms with E-state index in [2.05, 4.69) is 5.32 Å². The van der Waals surface area contributed by atoms with Crippen LogP contribution in [0, 0.1) is 10.1 Å². The van der Waals surface area contributed by atoms with Gasteiger partial charge in [0.15, 0.2) is 0 Å². The predicted octanol–water partition coefficient (Wildman–Crippen LogP) is 1.23. The fourth-order valence-electron chi connectivity index (χ4n) is 2.02. The zero-order chi connectivity index (χ0) is 19.5. The highest BCUT2D eigenvalue weighted by Gasteiger charge is 2.20. The molecule has 10 nitrogen and oxygen atoms in total. The number of amides is 2. The van der Waals surface area contributed by atoms with Crippen molar-refractivity contribution in [2.45, 2.75) is 20.4 Å². The molecule has 0 unspecified atom stereocenters. The van der Waals surface area contributed by atoms with E-state index in [1.54, 1.807) is 19.9 Å². The highest BCUT2D eigenvalue weighted by atomic mass is 16.6. The normalized spacial score (nSPS) is 9.92. The third-order valence-corrected chi connectivity index (χ3v) is 3.10. The van der Waals surface area contributed by atoms with Crippen molar-refractivity contribution in [3.63, 3.8) is 0 Å². The maximum absolute atomic E-state index is 12.3. The minimum Gasteiger partial charge on any atom is -0.465 e. The van der Waals surface area contributed by atoms with Crippen molar-refractivity contribution in [1.29, 1.82) is 0 Å². The molecular weight excluding hydrogens is 346 g/mol. The number of nitrogens with zero attached hydrogens (tertiary/aromatic N) is 2. The molecule has 0 bridgehead atoms. The fraction of sp³-hybridized carbons (Fsp3) is 0.438. The molecule has 1 aromatic rings. The van der Waals surface area contributed by atoms with Gasteiger partial charge in [-0.15, -0.1) is 0 Å². The largest absolute Gasteiger partial charge is 0.465 e. The van der Waals surface area contributed by atoms with Crippen molar-refractivity contribution in [3.8, 4) is 0 Å². The summed E-state index contributed by atoms with van der Waals surface area (Å²) in [5, 5.41) is 13.2. The number of ether oxygens (including phenoxy) is 2. The number of non-ortho nitro benzene ring substituents is 1. The average molecular weight is 367 g/mol. The van der Waals surface area contributed by atoms with E-state index >= 15 is 0 Å². The van der Waals surface area contributed by atoms with Crippen LogP contribution >= 0.6 is 0 Å². The molecule has 1 aromatic carbocycles. The van der Waals surface area contributed by atoms with Crippen LogP contribution in [-0.4, -0.2) is 54.1 Å². The summed E-state index contributed by atoms with van der Waals surface area (Å²) < 4.78 is 9.54. The third kappa shape index (κ3) is 7.16. The summed E-state index contributed by atoms with van der Waals surface area (Å²) in [4.78, 5) is 46.8. The molecule has 142 valence electrons. The van der Waals surface area contributed by atoms with Gasteiger partial charge < -0.3 is 19.7 Å². The minimum absolute atomic E-state index is 0.0743. The van der Waals surface area contributed by atoms with Crippen molar-refractivity contribution in [2.24, 2.45) is 0 Å². The molecule has 2 amide bonds. The van der Waals surface area contributed by atoms with Crippen molar-refractivity contribution < 1.29 is 28.8 Å². The van der Waals surface area contributed by atoms with E-state index in [4.69, 9.17) is 9.47 Å². The standard InChI is InChI=1S/C16H21N3O7/c1-3-25-14(20)9-17-16(22)18(11-15(21)26-4-2)10-12-6-5-7-13(8-12)19(23)24/h5-8H,3-4,9-11H2,1-2H3,(H,17,22). The van der Waals surface area contributed by atoms with Crippen LogP contribution in [0.2, 0.25) is 0 Å². The number of nitrogens with one attached hydrogen (secondary N) is 1. The fourth-order valence-corrected chi connectivity index (χ4v) is 2.02. The summed E-state index contributed by atoms with van der Waals surface area (Å²) in [5.41, 5.74) is 0.320. The molecule has 10 heteroatoms. The van der Waals surface area contributed by atoms with E-state index in [1.165, 1.54) is 18.2 Å². The van der Waals surface area contributed by atoms with Crippen LogP contribution in [0.15, 0.2) is 24.3 Å². The lowest BCUT2D eigenvalue weighted by molar-refractivity contribution is -0.384. The maximum Gasteiger partial charge on any atom is 0.325 e. The van der Waals surface area contributed by atoms with E-state index in [0.29, 0.717) is 5.56 Å². The summed E-state index contributed by atoms with van der Waals surface area (Å²) in [7, 11) is 0. The number of urea groups is 1. The lowest BCUT2D eigenvalue weighted by Gasteiger charge is -2.22. The second kappa shape index (κ2) is 10.6. The van der Waals surface area contributed by atoms with Crippen LogP contribution in [0.3, 0.4) is 0 Å². The van der Waals surface area contributed by atoms with Gasteiger partial charge in [-0.25, -0.2) is 4.79 Å². The molecule has 0 saturated heterocycles. The van der Waals surface area contributed by atoms with Crippen LogP contribution in [-0.2, 0) is 25.6 Å². The number of hydrogen-bond acceptors (Lipinski definition) is 7. The molecule has 0 heterocycles. The molecule has 1 rings (SSSR count). The molecule has 0 radical (unpaired) electrons. The zero-order valence-electron chi connectivity index (χ0n) is 14.6. The first-order valence-corrected chi connectivity index (χ1v) is 7.94. The lowest BCUT2D eigenvalue weighted by atomic mass is 10.2. The van der Waals surface area contributed by atoms with Gasteiger partial charge in [-0.3, -0.25) is 19.7 Å². The van der Waals surface area contributed by atoms with Crippen LogP contribution in [0.25, 0.3) is 0 Å². The van der Waals surface area contributed by atoms with Gasteiger partial charge in [-0.05, 0) is 19.4 Å². The van der Waals surface area contributed by atoms with Crippen molar-refractivity contribution in [3.05, 3.63) is 39.9 Å². The molecule has 26 heavy (non-hydrogen) atoms. The second-order valence-corrected chi connectivity index (χ2v) is 5.05. The molecular formula is C16H21N3O7. The van der Waals surface area contributed by atoms with E-state index in [1.807, 2.05) is 0 Å². The molecule has 0 aliphatic rings. The van der Waals surface area contributed by atoms with Gasteiger partial charge in [0.05, 0.1) is 18.1 Å². The van der Waals surface area contributed by atoms with Gasteiger partial charge in [-0.1, -0.05) is 12.1 Å². The second-order valence-electron chi connectivity index (χ2n) is 5.05. The number of esters is 2. The summed E-state index contributed by atoms with van der Waals surface area (Å²) in [6, 6.07) is 4.99. The van der Waals surface area contributed by atoms with Gasteiger partial charge in [-0.2, -0.15) is 0 Å². The van der Waals surface area contributed by atoms with E-state index in [0.717, 1.165) is 4.90 Å². The first-order valence-electron chi connectivity index (χ1n) is 7.94. The molecule has 0 spiro atoms. The van der Waals surface area contributed by atoms with Crippen LogP contribution in [0.4, 0.5) is 10.5 Å². The SMILES string of the molecule is CCOC(=O)CNC(=O)N(CC(=O)OCC)Cc1cccc([N+](=O)[O-])c1. The molecule has 0 aliphatic carbocycles. The van der Waals surface area contributed by atoms with Crippen LogP contribution < -0.4 is 5.32 Å². The number of nitro groups is 1. The number of hydrogen-bond donors (Lipinski definition) is 1. The van der Waals surface area contributed by atoms with Crippen molar-refractivity contribution in [2.75, 3.05) is 26.3 Å². The Morgan fingerprint density at radius 2 is 1.81 bits per heavy atom. The van der Waals surface area contributed by atoms with Gasteiger partial charge >= 0.3 is 18.0 Å². The predicted molar refractivity (Wildman–Crippen MR) is 90.2 cm³/mol. The van der Waals surface area contributed by atoms with E-state index < -0.39 is 22.9 Å². The average Bonchev–Trinajstić information content (AvgIpc) is 2.59. The van der Waals surface area contributed by atoms with Gasteiger partial charge in [0.2, 0.25) is 0 Å². The van der Waals surface area contributed by atoms with Gasteiger partial charge in [0.25, 0.3) is 5.69 Å². The Hall–Kier alpha value is -3.17. The summed E-state index contributed by atoms with van der Waals surface area (Å²) in [6.07, 6.45) is 0. The van der Waals surface area contributed by atoms with Crippen LogP contribution in [0.5, 0.6) is 0 Å². The number of rotatable bonds is 9. The zero-order valence-corrected chi connectivity index (χ0v) is 14.6. The smallest absolute Gasteiger partial charge is 0.325 e. The Labute approximate surface area is 150 Å². The summed E-state index contributed by atoms with van der Waals surface area (Å²) in [5.74, 6) is -1.25. The van der Waals surface area contributed by atoms with Gasteiger partial charge in [0.1, 0.15) is 13.1 Å². The lowest BCUT2D eigenvalue weighted by Crippen LogP contribution is -2.44. The Kier molecular flexibility index (Phi) is 8.55. The number of carbonyl (C=O) groups is 3. The van der Waals surface area contributed by atoms with E-state index in [9.17, 15) is 24.5 Å². The van der Waals surface area contributed by atoms with E-state index in [-0.39, 0.29) is 38.5 Å². The molecule has 0 fully saturated rings. The Morgan fingerprint density at radius 1 is 1.15 bits per heavy atom. The van der Waals surface area contributed by atoms with Crippen molar-refractivity contribution >= 4 is 23.7 Å². The first kappa shape index (κ1) is 20.9. The van der Waals surface area contributed by atoms with Crippen LogP contribution in [0.1, 0.15) is 19.4 Å².